The Bertz CT molecular complexity index is 991. The topological polar surface area (TPSA) is 125 Å². The standard InChI is InChI=1S/C21H28N4O4S2/c22-15-17-1-5-19(6-2-17)30(26)25-13-14-29-21(25)9-11-24(12-10-21)31(27,28)20-7-3-18(16-23)4-8-20/h1-8H,9-16,22-23H2. The maximum absolute atomic E-state index is 13.3. The van der Waals surface area contributed by atoms with Crippen LogP contribution < -0.4 is 11.5 Å². The molecule has 1 atom stereocenters. The van der Waals surface area contributed by atoms with Gasteiger partial charge in [0, 0.05) is 39.0 Å². The number of hydrogen-bond donors (Lipinski definition) is 2. The van der Waals surface area contributed by atoms with Gasteiger partial charge in [-0.25, -0.2) is 8.42 Å². The third kappa shape index (κ3) is 4.39. The monoisotopic (exact) mass is 464 g/mol. The van der Waals surface area contributed by atoms with E-state index in [1.54, 1.807) is 24.3 Å². The number of hydrogen-bond acceptors (Lipinski definition) is 7. The highest BCUT2D eigenvalue weighted by Gasteiger charge is 2.52. The summed E-state index contributed by atoms with van der Waals surface area (Å²) in [5, 5.41) is 0. The van der Waals surface area contributed by atoms with Crippen LogP contribution in [-0.4, -0.2) is 53.5 Å². The first-order chi connectivity index (χ1) is 14.9. The van der Waals surface area contributed by atoms with E-state index in [1.165, 1.54) is 4.31 Å². The average Bonchev–Trinajstić information content (AvgIpc) is 3.21. The van der Waals surface area contributed by atoms with Crippen molar-refractivity contribution in [3.63, 3.8) is 0 Å². The predicted octanol–water partition coefficient (Wildman–Crippen LogP) is 1.14. The highest BCUT2D eigenvalue weighted by molar-refractivity contribution is 7.89. The van der Waals surface area contributed by atoms with Crippen molar-refractivity contribution in [2.45, 2.75) is 41.4 Å². The number of nitrogens with two attached hydrogens (primary N) is 2. The van der Waals surface area contributed by atoms with Gasteiger partial charge in [0.25, 0.3) is 0 Å². The molecule has 4 rings (SSSR count). The van der Waals surface area contributed by atoms with E-state index in [0.29, 0.717) is 57.1 Å². The summed E-state index contributed by atoms with van der Waals surface area (Å²) in [6, 6.07) is 14.1. The SMILES string of the molecule is NCc1ccc([S+]([O-])N2CCOC23CCN(S(=O)(=O)c2ccc(CN)cc2)CC3)cc1. The van der Waals surface area contributed by atoms with Crippen LogP contribution in [0.3, 0.4) is 0 Å². The first-order valence-electron chi connectivity index (χ1n) is 10.3. The third-order valence-corrected chi connectivity index (χ3v) is 9.48. The Labute approximate surface area is 186 Å². The van der Waals surface area contributed by atoms with Crippen LogP contribution in [0.1, 0.15) is 24.0 Å². The van der Waals surface area contributed by atoms with E-state index in [4.69, 9.17) is 16.2 Å². The van der Waals surface area contributed by atoms with Crippen LogP contribution in [0.15, 0.2) is 58.3 Å². The second kappa shape index (κ2) is 9.16. The van der Waals surface area contributed by atoms with E-state index in [2.05, 4.69) is 0 Å². The Balaban J connectivity index is 1.47. The minimum Gasteiger partial charge on any atom is -0.593 e. The Hall–Kier alpha value is -1.50. The van der Waals surface area contributed by atoms with Gasteiger partial charge in [0.1, 0.15) is 0 Å². The second-order valence-corrected chi connectivity index (χ2v) is 11.1. The zero-order valence-corrected chi connectivity index (χ0v) is 18.9. The summed E-state index contributed by atoms with van der Waals surface area (Å²) in [4.78, 5) is 0.950. The van der Waals surface area contributed by atoms with Gasteiger partial charge in [0.2, 0.25) is 10.0 Å². The molecule has 2 saturated heterocycles. The largest absolute Gasteiger partial charge is 0.593 e. The van der Waals surface area contributed by atoms with Crippen molar-refractivity contribution in [2.75, 3.05) is 26.2 Å². The van der Waals surface area contributed by atoms with Crippen molar-refractivity contribution in [3.8, 4) is 0 Å². The molecule has 10 heteroatoms. The fourth-order valence-corrected chi connectivity index (χ4v) is 6.96. The third-order valence-electron chi connectivity index (χ3n) is 5.98. The first kappa shape index (κ1) is 22.7. The molecule has 2 fully saturated rings. The van der Waals surface area contributed by atoms with Gasteiger partial charge >= 0.3 is 0 Å². The lowest BCUT2D eigenvalue weighted by Crippen LogP contribution is -2.55. The Morgan fingerprint density at radius 2 is 1.48 bits per heavy atom. The van der Waals surface area contributed by atoms with E-state index >= 15 is 0 Å². The summed E-state index contributed by atoms with van der Waals surface area (Å²) in [5.41, 5.74) is 12.4. The molecule has 0 bridgehead atoms. The summed E-state index contributed by atoms with van der Waals surface area (Å²) in [6.45, 7) is 2.43. The molecule has 0 radical (unpaired) electrons. The minimum absolute atomic E-state index is 0.258. The summed E-state index contributed by atoms with van der Waals surface area (Å²) in [7, 11) is -3.60. The number of ether oxygens (including phenoxy) is 1. The van der Waals surface area contributed by atoms with Crippen LogP contribution in [0.2, 0.25) is 0 Å². The van der Waals surface area contributed by atoms with Gasteiger partial charge in [-0.2, -0.15) is 4.31 Å². The lowest BCUT2D eigenvalue weighted by Gasteiger charge is -2.41. The second-order valence-electron chi connectivity index (χ2n) is 7.75. The normalized spacial score (nSPS) is 20.9. The van der Waals surface area contributed by atoms with E-state index in [-0.39, 0.29) is 4.90 Å². The van der Waals surface area contributed by atoms with Gasteiger partial charge in [-0.1, -0.05) is 28.6 Å². The molecule has 0 aromatic heterocycles. The van der Waals surface area contributed by atoms with Crippen LogP contribution in [0.5, 0.6) is 0 Å². The maximum Gasteiger partial charge on any atom is 0.243 e. The van der Waals surface area contributed by atoms with Gasteiger partial charge in [0.05, 0.1) is 29.4 Å². The molecule has 31 heavy (non-hydrogen) atoms. The molecule has 2 heterocycles. The molecule has 0 aliphatic carbocycles. The van der Waals surface area contributed by atoms with E-state index in [1.807, 2.05) is 28.6 Å². The fraction of sp³-hybridized carbons (Fsp3) is 0.429. The Kier molecular flexibility index (Phi) is 6.71. The van der Waals surface area contributed by atoms with Crippen LogP contribution in [0.25, 0.3) is 0 Å². The Morgan fingerprint density at radius 1 is 0.935 bits per heavy atom. The lowest BCUT2D eigenvalue weighted by molar-refractivity contribution is -0.0806. The first-order valence-corrected chi connectivity index (χ1v) is 12.9. The van der Waals surface area contributed by atoms with Gasteiger partial charge in [-0.3, -0.25) is 0 Å². The number of nitrogens with zero attached hydrogens (tertiary/aromatic N) is 2. The zero-order chi connectivity index (χ0) is 22.1. The molecule has 4 N–H and O–H groups in total. The molecule has 0 saturated carbocycles. The number of sulfonamides is 1. The van der Waals surface area contributed by atoms with Crippen LogP contribution in [0.4, 0.5) is 0 Å². The Morgan fingerprint density at radius 3 is 2.03 bits per heavy atom. The van der Waals surface area contributed by atoms with Crippen LogP contribution in [-0.2, 0) is 39.2 Å². The molecule has 2 aliphatic heterocycles. The molecule has 0 amide bonds. The van der Waals surface area contributed by atoms with Crippen molar-refractivity contribution in [1.29, 1.82) is 0 Å². The molecule has 168 valence electrons. The molecular weight excluding hydrogens is 436 g/mol. The van der Waals surface area contributed by atoms with Crippen molar-refractivity contribution in [3.05, 3.63) is 59.7 Å². The minimum atomic E-state index is -3.60. The summed E-state index contributed by atoms with van der Waals surface area (Å²) in [5.74, 6) is 0. The molecule has 2 aliphatic rings. The van der Waals surface area contributed by atoms with Crippen molar-refractivity contribution >= 4 is 21.4 Å². The molecule has 2 aromatic carbocycles. The average molecular weight is 465 g/mol. The number of rotatable bonds is 6. The number of benzene rings is 2. The highest BCUT2D eigenvalue weighted by Crippen LogP contribution is 2.39. The van der Waals surface area contributed by atoms with Gasteiger partial charge in [0.15, 0.2) is 10.6 Å². The molecule has 8 nitrogen and oxygen atoms in total. The van der Waals surface area contributed by atoms with Crippen molar-refractivity contribution in [1.82, 2.24) is 8.61 Å². The number of piperidine rings is 1. The van der Waals surface area contributed by atoms with Crippen molar-refractivity contribution in [2.24, 2.45) is 11.5 Å². The van der Waals surface area contributed by atoms with E-state index in [0.717, 1.165) is 11.1 Å². The summed E-state index contributed by atoms with van der Waals surface area (Å²) < 4.78 is 48.8. The fourth-order valence-electron chi connectivity index (χ4n) is 4.11. The van der Waals surface area contributed by atoms with Gasteiger partial charge < -0.3 is 20.8 Å². The summed E-state index contributed by atoms with van der Waals surface area (Å²) in [6.07, 6.45) is 0.916. The van der Waals surface area contributed by atoms with E-state index < -0.39 is 27.1 Å². The van der Waals surface area contributed by atoms with Gasteiger partial charge in [-0.15, -0.1) is 0 Å². The maximum atomic E-state index is 13.3. The van der Waals surface area contributed by atoms with Crippen molar-refractivity contribution < 1.29 is 17.7 Å². The smallest absolute Gasteiger partial charge is 0.243 e. The molecule has 1 unspecified atom stereocenters. The summed E-state index contributed by atoms with van der Waals surface area (Å²) >= 11 is -1.39. The molecular formula is C21H28N4O4S2. The predicted molar refractivity (Wildman–Crippen MR) is 118 cm³/mol. The lowest BCUT2D eigenvalue weighted by atomic mass is 10.0. The zero-order valence-electron chi connectivity index (χ0n) is 17.3. The quantitative estimate of drug-likeness (QED) is 0.614. The molecule has 2 aromatic rings. The van der Waals surface area contributed by atoms with E-state index in [9.17, 15) is 13.0 Å². The van der Waals surface area contributed by atoms with Crippen LogP contribution in [0, 0.1) is 0 Å². The van der Waals surface area contributed by atoms with Gasteiger partial charge in [-0.05, 0) is 35.4 Å². The molecule has 1 spiro atoms. The highest BCUT2D eigenvalue weighted by atomic mass is 32.2. The van der Waals surface area contributed by atoms with Crippen LogP contribution >= 0.6 is 0 Å².